The van der Waals surface area contributed by atoms with E-state index in [1.807, 2.05) is 0 Å². The van der Waals surface area contributed by atoms with Crippen molar-refractivity contribution in [3.63, 3.8) is 0 Å². The van der Waals surface area contributed by atoms with Crippen molar-refractivity contribution < 1.29 is 9.18 Å². The van der Waals surface area contributed by atoms with Crippen molar-refractivity contribution in [2.24, 2.45) is 5.73 Å². The van der Waals surface area contributed by atoms with Crippen LogP contribution in [0.1, 0.15) is 16.1 Å². The first-order chi connectivity index (χ1) is 9.49. The Hall–Kier alpha value is -2.34. The Morgan fingerprint density at radius 1 is 1.25 bits per heavy atom. The number of carbonyl (C=O) groups is 1. The first-order valence-electron chi connectivity index (χ1n) is 5.78. The van der Waals surface area contributed by atoms with Crippen LogP contribution in [0.5, 0.6) is 0 Å². The lowest BCUT2D eigenvalue weighted by Crippen LogP contribution is -2.27. The highest BCUT2D eigenvalue weighted by Gasteiger charge is 2.15. The number of carbonyl (C=O) groups excluding carboxylic acids is 1. The number of nitrogens with two attached hydrogens (primary N) is 1. The SMILES string of the molecule is CN(C(=O)c1ccc(C(N)=S)cn1)c1ccc(F)cc1. The van der Waals surface area contributed by atoms with E-state index in [1.54, 1.807) is 19.2 Å². The molecule has 0 atom stereocenters. The van der Waals surface area contributed by atoms with Gasteiger partial charge in [-0.15, -0.1) is 0 Å². The lowest BCUT2D eigenvalue weighted by Gasteiger charge is -2.16. The molecule has 6 heteroatoms. The van der Waals surface area contributed by atoms with Gasteiger partial charge in [0.25, 0.3) is 5.91 Å². The first-order valence-corrected chi connectivity index (χ1v) is 6.19. The molecule has 0 saturated carbocycles. The highest BCUT2D eigenvalue weighted by Crippen LogP contribution is 2.15. The molecule has 0 aliphatic rings. The lowest BCUT2D eigenvalue weighted by atomic mass is 10.2. The fourth-order valence-electron chi connectivity index (χ4n) is 1.62. The number of hydrogen-bond donors (Lipinski definition) is 1. The van der Waals surface area contributed by atoms with Crippen molar-refractivity contribution in [1.82, 2.24) is 4.98 Å². The first kappa shape index (κ1) is 14.1. The molecular formula is C14H12FN3OS. The van der Waals surface area contributed by atoms with E-state index in [0.29, 0.717) is 11.3 Å². The van der Waals surface area contributed by atoms with Crippen molar-refractivity contribution in [1.29, 1.82) is 0 Å². The van der Waals surface area contributed by atoms with Crippen molar-refractivity contribution in [2.75, 3.05) is 11.9 Å². The number of pyridine rings is 1. The van der Waals surface area contributed by atoms with Crippen LogP contribution in [-0.2, 0) is 0 Å². The number of benzene rings is 1. The standard InChI is InChI=1S/C14H12FN3OS/c1-18(11-5-3-10(15)4-6-11)14(19)12-7-2-9(8-17-12)13(16)20/h2-8H,1H3,(H2,16,20). The van der Waals surface area contributed by atoms with Crippen LogP contribution in [-0.4, -0.2) is 22.9 Å². The van der Waals surface area contributed by atoms with Gasteiger partial charge in [-0.2, -0.15) is 0 Å². The fraction of sp³-hybridized carbons (Fsp3) is 0.0714. The maximum Gasteiger partial charge on any atom is 0.276 e. The molecule has 0 fully saturated rings. The predicted octanol–water partition coefficient (Wildman–Crippen LogP) is 2.13. The molecular weight excluding hydrogens is 277 g/mol. The molecule has 2 aromatic rings. The van der Waals surface area contributed by atoms with E-state index in [0.717, 1.165) is 0 Å². The number of anilines is 1. The number of hydrogen-bond acceptors (Lipinski definition) is 3. The summed E-state index contributed by atoms with van der Waals surface area (Å²) in [5.74, 6) is -0.653. The summed E-state index contributed by atoms with van der Waals surface area (Å²) in [4.78, 5) is 17.9. The largest absolute Gasteiger partial charge is 0.389 e. The molecule has 4 nitrogen and oxygen atoms in total. The molecule has 0 spiro atoms. The van der Waals surface area contributed by atoms with Gasteiger partial charge < -0.3 is 10.6 Å². The normalized spacial score (nSPS) is 10.1. The van der Waals surface area contributed by atoms with Gasteiger partial charge >= 0.3 is 0 Å². The maximum atomic E-state index is 12.9. The Bertz CT molecular complexity index is 640. The molecule has 2 rings (SSSR count). The van der Waals surface area contributed by atoms with Gasteiger partial charge in [-0.05, 0) is 36.4 Å². The predicted molar refractivity (Wildman–Crippen MR) is 79.3 cm³/mol. The second-order valence-electron chi connectivity index (χ2n) is 4.14. The quantitative estimate of drug-likeness (QED) is 0.879. The Kier molecular flexibility index (Phi) is 4.05. The highest BCUT2D eigenvalue weighted by molar-refractivity contribution is 7.80. The lowest BCUT2D eigenvalue weighted by molar-refractivity contribution is 0.0988. The number of rotatable bonds is 3. The van der Waals surface area contributed by atoms with Crippen LogP contribution in [0.25, 0.3) is 0 Å². The smallest absolute Gasteiger partial charge is 0.276 e. The molecule has 1 aromatic carbocycles. The zero-order valence-electron chi connectivity index (χ0n) is 10.7. The summed E-state index contributed by atoms with van der Waals surface area (Å²) in [6.07, 6.45) is 1.45. The zero-order valence-corrected chi connectivity index (χ0v) is 11.5. The molecule has 0 aliphatic heterocycles. The summed E-state index contributed by atoms with van der Waals surface area (Å²) in [7, 11) is 1.60. The molecule has 1 aromatic heterocycles. The molecule has 1 amide bonds. The molecule has 0 saturated heterocycles. The second kappa shape index (κ2) is 5.75. The Labute approximate surface area is 121 Å². The van der Waals surface area contributed by atoms with Gasteiger partial charge in [-0.1, -0.05) is 12.2 Å². The van der Waals surface area contributed by atoms with Crippen LogP contribution in [0.3, 0.4) is 0 Å². The Morgan fingerprint density at radius 2 is 1.90 bits per heavy atom. The van der Waals surface area contributed by atoms with Gasteiger partial charge in [0.2, 0.25) is 0 Å². The van der Waals surface area contributed by atoms with Gasteiger partial charge in [0.05, 0.1) is 0 Å². The number of thiocarbonyl (C=S) groups is 1. The van der Waals surface area contributed by atoms with Gasteiger partial charge in [0.1, 0.15) is 16.5 Å². The van der Waals surface area contributed by atoms with Crippen molar-refractivity contribution in [2.45, 2.75) is 0 Å². The molecule has 0 unspecified atom stereocenters. The minimum Gasteiger partial charge on any atom is -0.389 e. The van der Waals surface area contributed by atoms with E-state index in [2.05, 4.69) is 4.98 Å². The molecule has 0 aliphatic carbocycles. The van der Waals surface area contributed by atoms with E-state index >= 15 is 0 Å². The fourth-order valence-corrected chi connectivity index (χ4v) is 1.74. The molecule has 20 heavy (non-hydrogen) atoms. The van der Waals surface area contributed by atoms with Crippen LogP contribution >= 0.6 is 12.2 Å². The summed E-state index contributed by atoms with van der Waals surface area (Å²) in [5, 5.41) is 0. The number of amides is 1. The summed E-state index contributed by atoms with van der Waals surface area (Å²) < 4.78 is 12.9. The number of nitrogens with zero attached hydrogens (tertiary/aromatic N) is 2. The maximum absolute atomic E-state index is 12.9. The second-order valence-corrected chi connectivity index (χ2v) is 4.58. The summed E-state index contributed by atoms with van der Waals surface area (Å²) in [6, 6.07) is 8.83. The van der Waals surface area contributed by atoms with Crippen LogP contribution in [0.15, 0.2) is 42.6 Å². The van der Waals surface area contributed by atoms with Crippen molar-refractivity contribution in [3.8, 4) is 0 Å². The van der Waals surface area contributed by atoms with E-state index in [4.69, 9.17) is 18.0 Å². The third-order valence-electron chi connectivity index (χ3n) is 2.79. The van der Waals surface area contributed by atoms with Crippen molar-refractivity contribution >= 4 is 28.8 Å². The monoisotopic (exact) mass is 289 g/mol. The minimum atomic E-state index is -0.353. The molecule has 2 N–H and O–H groups in total. The minimum absolute atomic E-state index is 0.225. The average molecular weight is 289 g/mol. The van der Waals surface area contributed by atoms with Crippen LogP contribution in [0, 0.1) is 5.82 Å². The van der Waals surface area contributed by atoms with Crippen LogP contribution in [0.2, 0.25) is 0 Å². The third-order valence-corrected chi connectivity index (χ3v) is 3.02. The van der Waals surface area contributed by atoms with Gasteiger partial charge in [0, 0.05) is 24.5 Å². The number of aromatic nitrogens is 1. The number of halogens is 1. The van der Waals surface area contributed by atoms with Gasteiger partial charge in [-0.25, -0.2) is 4.39 Å². The van der Waals surface area contributed by atoms with E-state index in [-0.39, 0.29) is 22.4 Å². The van der Waals surface area contributed by atoms with Gasteiger partial charge in [0.15, 0.2) is 0 Å². The summed E-state index contributed by atoms with van der Waals surface area (Å²) in [5.41, 5.74) is 6.90. The molecule has 0 radical (unpaired) electrons. The Balaban J connectivity index is 2.22. The van der Waals surface area contributed by atoms with Gasteiger partial charge in [-0.3, -0.25) is 9.78 Å². The van der Waals surface area contributed by atoms with Crippen LogP contribution < -0.4 is 10.6 Å². The van der Waals surface area contributed by atoms with E-state index in [9.17, 15) is 9.18 Å². The topological polar surface area (TPSA) is 59.2 Å². The molecule has 0 bridgehead atoms. The van der Waals surface area contributed by atoms with E-state index < -0.39 is 0 Å². The van der Waals surface area contributed by atoms with E-state index in [1.165, 1.54) is 35.4 Å². The Morgan fingerprint density at radius 3 is 2.40 bits per heavy atom. The highest BCUT2D eigenvalue weighted by atomic mass is 32.1. The average Bonchev–Trinajstić information content (AvgIpc) is 2.46. The van der Waals surface area contributed by atoms with Crippen molar-refractivity contribution in [3.05, 3.63) is 59.7 Å². The molecule has 1 heterocycles. The molecule has 102 valence electrons. The summed E-state index contributed by atoms with van der Waals surface area (Å²) in [6.45, 7) is 0. The zero-order chi connectivity index (χ0) is 14.7. The van der Waals surface area contributed by atoms with Crippen LogP contribution in [0.4, 0.5) is 10.1 Å². The summed E-state index contributed by atoms with van der Waals surface area (Å²) >= 11 is 4.82. The third kappa shape index (κ3) is 2.97.